The topological polar surface area (TPSA) is 97.1 Å². The number of rotatable bonds is 3. The summed E-state index contributed by atoms with van der Waals surface area (Å²) in [6.07, 6.45) is 1.66. The van der Waals surface area contributed by atoms with E-state index < -0.39 is 12.1 Å². The second-order valence-electron chi connectivity index (χ2n) is 4.10. The molecule has 0 aliphatic carbocycles. The number of anilines is 1. The Morgan fingerprint density at radius 1 is 1.26 bits per heavy atom. The van der Waals surface area contributed by atoms with Gasteiger partial charge in [-0.1, -0.05) is 18.2 Å². The molecule has 0 aliphatic heterocycles. The molecule has 6 heteroatoms. The molecule has 0 saturated heterocycles. The van der Waals surface area contributed by atoms with E-state index in [-0.39, 0.29) is 5.91 Å². The molecule has 3 amide bonds. The zero-order valence-corrected chi connectivity index (χ0v) is 10.4. The van der Waals surface area contributed by atoms with Gasteiger partial charge in [-0.2, -0.15) is 0 Å². The Hall–Kier alpha value is -2.63. The van der Waals surface area contributed by atoms with E-state index in [1.165, 1.54) is 0 Å². The summed E-state index contributed by atoms with van der Waals surface area (Å²) < 4.78 is 0. The zero-order chi connectivity index (χ0) is 13.8. The van der Waals surface area contributed by atoms with Crippen LogP contribution >= 0.6 is 0 Å². The van der Waals surface area contributed by atoms with Crippen molar-refractivity contribution in [1.82, 2.24) is 10.3 Å². The first-order valence-corrected chi connectivity index (χ1v) is 5.78. The molecule has 0 spiro atoms. The summed E-state index contributed by atoms with van der Waals surface area (Å²) in [7, 11) is 0. The number of para-hydroxylation sites is 1. The van der Waals surface area contributed by atoms with E-state index in [1.54, 1.807) is 19.2 Å². The molecule has 0 aliphatic rings. The first-order valence-electron chi connectivity index (χ1n) is 5.78. The summed E-state index contributed by atoms with van der Waals surface area (Å²) >= 11 is 0. The molecule has 0 fully saturated rings. The fourth-order valence-corrected chi connectivity index (χ4v) is 1.73. The van der Waals surface area contributed by atoms with Crippen LogP contribution in [0.4, 0.5) is 10.5 Å². The summed E-state index contributed by atoms with van der Waals surface area (Å²) in [5.41, 5.74) is 6.27. The Morgan fingerprint density at radius 3 is 2.74 bits per heavy atom. The number of aromatic nitrogens is 1. The maximum Gasteiger partial charge on any atom is 0.312 e. The van der Waals surface area contributed by atoms with Gasteiger partial charge in [0.25, 0.3) is 0 Å². The van der Waals surface area contributed by atoms with Crippen LogP contribution in [-0.2, 0) is 4.79 Å². The number of fused-ring (bicyclic) bond motifs is 1. The van der Waals surface area contributed by atoms with E-state index >= 15 is 0 Å². The number of urea groups is 1. The lowest BCUT2D eigenvalue weighted by atomic mass is 10.2. The van der Waals surface area contributed by atoms with Crippen LogP contribution < -0.4 is 16.4 Å². The number of carbonyl (C=O) groups is 2. The van der Waals surface area contributed by atoms with Gasteiger partial charge in [-0.3, -0.25) is 9.78 Å². The number of nitrogens with zero attached hydrogens (tertiary/aromatic N) is 1. The molecule has 0 saturated carbocycles. The van der Waals surface area contributed by atoms with Gasteiger partial charge in [-0.15, -0.1) is 0 Å². The average Bonchev–Trinajstić information content (AvgIpc) is 2.38. The lowest BCUT2D eigenvalue weighted by molar-refractivity contribution is -0.117. The Balaban J connectivity index is 2.22. The molecule has 1 unspecified atom stereocenters. The maximum atomic E-state index is 11.9. The molecule has 98 valence electrons. The first kappa shape index (κ1) is 12.8. The van der Waals surface area contributed by atoms with Crippen LogP contribution in [0.3, 0.4) is 0 Å². The molecule has 6 nitrogen and oxygen atoms in total. The summed E-state index contributed by atoms with van der Waals surface area (Å²) in [4.78, 5) is 26.8. The lowest BCUT2D eigenvalue weighted by Crippen LogP contribution is -2.44. The molecule has 0 bridgehead atoms. The summed E-state index contributed by atoms with van der Waals surface area (Å²) in [5.74, 6) is -0.350. The quantitative estimate of drug-likeness (QED) is 0.772. The number of hydrogen-bond acceptors (Lipinski definition) is 3. The Morgan fingerprint density at radius 2 is 2.00 bits per heavy atom. The van der Waals surface area contributed by atoms with Crippen molar-refractivity contribution in [2.24, 2.45) is 5.73 Å². The molecule has 4 N–H and O–H groups in total. The molecular weight excluding hydrogens is 244 g/mol. The number of carbonyl (C=O) groups excluding carboxylic acids is 2. The standard InChI is InChI=1S/C13H14N4O2/c1-8(16-13(14)19)12(18)17-10-6-2-4-9-5-3-7-15-11(9)10/h2-8H,1H3,(H,17,18)(H3,14,16,19). The van der Waals surface area contributed by atoms with Crippen molar-refractivity contribution >= 4 is 28.5 Å². The van der Waals surface area contributed by atoms with Crippen LogP contribution in [0.2, 0.25) is 0 Å². The van der Waals surface area contributed by atoms with Gasteiger partial charge in [0.05, 0.1) is 11.2 Å². The minimum absolute atomic E-state index is 0.350. The Bertz CT molecular complexity index is 622. The number of benzene rings is 1. The lowest BCUT2D eigenvalue weighted by Gasteiger charge is -2.13. The van der Waals surface area contributed by atoms with Gasteiger partial charge in [0, 0.05) is 11.6 Å². The van der Waals surface area contributed by atoms with E-state index in [2.05, 4.69) is 15.6 Å². The molecule has 0 radical (unpaired) electrons. The largest absolute Gasteiger partial charge is 0.352 e. The minimum atomic E-state index is -0.737. The average molecular weight is 258 g/mol. The molecule has 2 aromatic rings. The minimum Gasteiger partial charge on any atom is -0.352 e. The number of nitrogens with one attached hydrogen (secondary N) is 2. The second kappa shape index (κ2) is 5.34. The molecule has 1 aromatic heterocycles. The molecule has 1 aromatic carbocycles. The maximum absolute atomic E-state index is 11.9. The predicted molar refractivity (Wildman–Crippen MR) is 72.6 cm³/mol. The molecule has 1 heterocycles. The summed E-state index contributed by atoms with van der Waals surface area (Å²) in [6.45, 7) is 1.55. The van der Waals surface area contributed by atoms with E-state index in [9.17, 15) is 9.59 Å². The smallest absolute Gasteiger partial charge is 0.312 e. The van der Waals surface area contributed by atoms with Gasteiger partial charge < -0.3 is 16.4 Å². The fraction of sp³-hybridized carbons (Fsp3) is 0.154. The highest BCUT2D eigenvalue weighted by Gasteiger charge is 2.15. The van der Waals surface area contributed by atoms with E-state index in [0.717, 1.165) is 5.39 Å². The van der Waals surface area contributed by atoms with Gasteiger partial charge in [0.1, 0.15) is 6.04 Å². The van der Waals surface area contributed by atoms with Crippen molar-refractivity contribution in [2.45, 2.75) is 13.0 Å². The van der Waals surface area contributed by atoms with Crippen LogP contribution in [-0.4, -0.2) is 23.0 Å². The summed E-state index contributed by atoms with van der Waals surface area (Å²) in [5, 5.41) is 5.96. The number of nitrogens with two attached hydrogens (primary N) is 1. The Labute approximate surface area is 110 Å². The third kappa shape index (κ3) is 2.98. The highest BCUT2D eigenvalue weighted by atomic mass is 16.2. The van der Waals surface area contributed by atoms with Crippen LogP contribution in [0.25, 0.3) is 10.9 Å². The van der Waals surface area contributed by atoms with Gasteiger partial charge in [0.15, 0.2) is 0 Å². The number of amides is 3. The van der Waals surface area contributed by atoms with Crippen LogP contribution in [0.15, 0.2) is 36.5 Å². The van der Waals surface area contributed by atoms with E-state index in [1.807, 2.05) is 24.3 Å². The van der Waals surface area contributed by atoms with Gasteiger partial charge >= 0.3 is 6.03 Å². The monoisotopic (exact) mass is 258 g/mol. The van der Waals surface area contributed by atoms with Crippen molar-refractivity contribution in [3.05, 3.63) is 36.5 Å². The Kier molecular flexibility index (Phi) is 3.61. The third-order valence-corrected chi connectivity index (χ3v) is 2.64. The third-order valence-electron chi connectivity index (χ3n) is 2.64. The molecule has 1 atom stereocenters. The predicted octanol–water partition coefficient (Wildman–Crippen LogP) is 1.23. The molecule has 19 heavy (non-hydrogen) atoms. The van der Waals surface area contributed by atoms with Crippen molar-refractivity contribution in [3.63, 3.8) is 0 Å². The second-order valence-corrected chi connectivity index (χ2v) is 4.10. The van der Waals surface area contributed by atoms with E-state index in [0.29, 0.717) is 11.2 Å². The van der Waals surface area contributed by atoms with Crippen LogP contribution in [0, 0.1) is 0 Å². The van der Waals surface area contributed by atoms with E-state index in [4.69, 9.17) is 5.73 Å². The zero-order valence-electron chi connectivity index (χ0n) is 10.4. The highest BCUT2D eigenvalue weighted by Crippen LogP contribution is 2.20. The van der Waals surface area contributed by atoms with Crippen molar-refractivity contribution in [3.8, 4) is 0 Å². The first-order chi connectivity index (χ1) is 9.08. The molecular formula is C13H14N4O2. The summed E-state index contributed by atoms with van der Waals surface area (Å²) in [6, 6.07) is 7.77. The SMILES string of the molecule is CC(NC(N)=O)C(=O)Nc1cccc2cccnc12. The normalized spacial score (nSPS) is 11.8. The molecule has 2 rings (SSSR count). The fourth-order valence-electron chi connectivity index (χ4n) is 1.73. The number of hydrogen-bond donors (Lipinski definition) is 3. The van der Waals surface area contributed by atoms with Crippen molar-refractivity contribution in [2.75, 3.05) is 5.32 Å². The van der Waals surface area contributed by atoms with Gasteiger partial charge in [-0.05, 0) is 19.1 Å². The highest BCUT2D eigenvalue weighted by molar-refractivity contribution is 6.02. The van der Waals surface area contributed by atoms with Crippen LogP contribution in [0.5, 0.6) is 0 Å². The number of pyridine rings is 1. The number of primary amides is 1. The van der Waals surface area contributed by atoms with Gasteiger partial charge in [0.2, 0.25) is 5.91 Å². The van der Waals surface area contributed by atoms with Crippen LogP contribution in [0.1, 0.15) is 6.92 Å². The van der Waals surface area contributed by atoms with Crippen molar-refractivity contribution < 1.29 is 9.59 Å². The van der Waals surface area contributed by atoms with Crippen molar-refractivity contribution in [1.29, 1.82) is 0 Å². The van der Waals surface area contributed by atoms with Gasteiger partial charge in [-0.25, -0.2) is 4.79 Å².